The van der Waals surface area contributed by atoms with Gasteiger partial charge < -0.3 is 5.11 Å². The lowest BCUT2D eigenvalue weighted by atomic mass is 9.63. The lowest BCUT2D eigenvalue weighted by Crippen LogP contribution is -2.36. The Balaban J connectivity index is 2.07. The van der Waals surface area contributed by atoms with Crippen LogP contribution in [0.25, 0.3) is 0 Å². The van der Waals surface area contributed by atoms with E-state index < -0.39 is 0 Å². The zero-order valence-corrected chi connectivity index (χ0v) is 12.8. The second kappa shape index (κ2) is 6.65. The van der Waals surface area contributed by atoms with Crippen molar-refractivity contribution in [3.8, 4) is 12.1 Å². The number of benzene rings is 2. The molecular formula is C20H18N2O. The maximum atomic E-state index is 9.92. The molecule has 3 rings (SSSR count). The summed E-state index contributed by atoms with van der Waals surface area (Å²) in [6.45, 7) is -0.0811. The van der Waals surface area contributed by atoms with Gasteiger partial charge in [-0.1, -0.05) is 54.6 Å². The van der Waals surface area contributed by atoms with E-state index in [0.29, 0.717) is 6.42 Å². The molecule has 114 valence electrons. The second-order valence-electron chi connectivity index (χ2n) is 6.04. The van der Waals surface area contributed by atoms with Gasteiger partial charge in [-0.2, -0.15) is 10.5 Å². The Morgan fingerprint density at radius 3 is 1.83 bits per heavy atom. The summed E-state index contributed by atoms with van der Waals surface area (Å²) in [7, 11) is 0. The zero-order valence-electron chi connectivity index (χ0n) is 12.8. The molecule has 2 aromatic carbocycles. The highest BCUT2D eigenvalue weighted by Gasteiger charge is 2.42. The Kier molecular flexibility index (Phi) is 4.42. The van der Waals surface area contributed by atoms with Crippen LogP contribution < -0.4 is 0 Å². The molecule has 0 saturated heterocycles. The molecule has 0 aromatic heterocycles. The van der Waals surface area contributed by atoms with Crippen LogP contribution in [-0.2, 0) is 6.42 Å². The molecule has 0 unspecified atom stereocenters. The predicted molar refractivity (Wildman–Crippen MR) is 87.4 cm³/mol. The average molecular weight is 302 g/mol. The number of nitriles is 2. The van der Waals surface area contributed by atoms with E-state index in [4.69, 9.17) is 0 Å². The summed E-state index contributed by atoms with van der Waals surface area (Å²) >= 11 is 0. The first-order valence-electron chi connectivity index (χ1n) is 7.83. The molecule has 3 nitrogen and oxygen atoms in total. The summed E-state index contributed by atoms with van der Waals surface area (Å²) in [6, 6.07) is 22.4. The van der Waals surface area contributed by atoms with E-state index in [2.05, 4.69) is 12.1 Å². The van der Waals surface area contributed by atoms with Crippen molar-refractivity contribution in [3.63, 3.8) is 0 Å². The first-order valence-corrected chi connectivity index (χ1v) is 7.83. The van der Waals surface area contributed by atoms with E-state index in [-0.39, 0.29) is 30.3 Å². The van der Waals surface area contributed by atoms with Crippen LogP contribution in [0.5, 0.6) is 0 Å². The van der Waals surface area contributed by atoms with E-state index in [0.717, 1.165) is 16.7 Å². The normalized spacial score (nSPS) is 25.9. The van der Waals surface area contributed by atoms with Crippen molar-refractivity contribution in [2.45, 2.75) is 18.3 Å². The van der Waals surface area contributed by atoms with Gasteiger partial charge in [0, 0.05) is 12.5 Å². The first kappa shape index (κ1) is 15.3. The molecule has 4 atom stereocenters. The molecule has 0 heterocycles. The highest BCUT2D eigenvalue weighted by Crippen LogP contribution is 2.47. The lowest BCUT2D eigenvalue weighted by Gasteiger charge is -2.39. The van der Waals surface area contributed by atoms with Crippen molar-refractivity contribution < 1.29 is 5.11 Å². The van der Waals surface area contributed by atoms with Gasteiger partial charge in [-0.25, -0.2) is 0 Å². The largest absolute Gasteiger partial charge is 0.396 e. The van der Waals surface area contributed by atoms with E-state index in [1.807, 2.05) is 54.6 Å². The molecule has 1 aliphatic rings. The van der Waals surface area contributed by atoms with Gasteiger partial charge in [-0.15, -0.1) is 0 Å². The van der Waals surface area contributed by atoms with Crippen LogP contribution in [0.15, 0.2) is 54.6 Å². The van der Waals surface area contributed by atoms with Gasteiger partial charge in [0.2, 0.25) is 0 Å². The number of hydrogen-bond acceptors (Lipinski definition) is 3. The van der Waals surface area contributed by atoms with Crippen molar-refractivity contribution in [2.75, 3.05) is 6.61 Å². The standard InChI is InChI=1S/C20H18N2O/c21-11-18-15-8-4-5-9-16(15)19(12-22)20(13-23)17(18)10-14-6-2-1-3-7-14/h1-9,17-20,23H,10,13H2/t17-,18+,19-,20+/m0/s1. The molecule has 2 aromatic rings. The van der Waals surface area contributed by atoms with Crippen LogP contribution in [0, 0.1) is 34.5 Å². The monoisotopic (exact) mass is 302 g/mol. The van der Waals surface area contributed by atoms with Crippen molar-refractivity contribution in [2.24, 2.45) is 11.8 Å². The molecular weight excluding hydrogens is 284 g/mol. The highest BCUT2D eigenvalue weighted by atomic mass is 16.3. The van der Waals surface area contributed by atoms with Crippen LogP contribution in [0.1, 0.15) is 28.5 Å². The van der Waals surface area contributed by atoms with E-state index in [1.54, 1.807) is 0 Å². The quantitative estimate of drug-likeness (QED) is 0.945. The van der Waals surface area contributed by atoms with Crippen molar-refractivity contribution in [3.05, 3.63) is 71.3 Å². The Morgan fingerprint density at radius 1 is 0.783 bits per heavy atom. The topological polar surface area (TPSA) is 67.8 Å². The number of aliphatic hydroxyl groups excluding tert-OH is 1. The minimum Gasteiger partial charge on any atom is -0.396 e. The third kappa shape index (κ3) is 2.72. The van der Waals surface area contributed by atoms with Crippen molar-refractivity contribution >= 4 is 0 Å². The smallest absolute Gasteiger partial charge is 0.0769 e. The van der Waals surface area contributed by atoms with E-state index in [9.17, 15) is 15.6 Å². The summed E-state index contributed by atoms with van der Waals surface area (Å²) in [4.78, 5) is 0. The van der Waals surface area contributed by atoms with Crippen LogP contribution in [0.4, 0.5) is 0 Å². The minimum absolute atomic E-state index is 0.0630. The Bertz CT molecular complexity index is 757. The highest BCUT2D eigenvalue weighted by molar-refractivity contribution is 5.43. The fraction of sp³-hybridized carbons (Fsp3) is 0.300. The number of fused-ring (bicyclic) bond motifs is 1. The fourth-order valence-corrected chi connectivity index (χ4v) is 3.76. The molecule has 1 aliphatic carbocycles. The number of aliphatic hydroxyl groups is 1. The number of nitrogens with zero attached hydrogens (tertiary/aromatic N) is 2. The van der Waals surface area contributed by atoms with E-state index in [1.165, 1.54) is 0 Å². The fourth-order valence-electron chi connectivity index (χ4n) is 3.76. The summed E-state index contributed by atoms with van der Waals surface area (Å²) < 4.78 is 0. The maximum Gasteiger partial charge on any atom is 0.0769 e. The third-order valence-corrected chi connectivity index (χ3v) is 4.88. The van der Waals surface area contributed by atoms with Crippen LogP contribution >= 0.6 is 0 Å². The maximum absolute atomic E-state index is 9.92. The van der Waals surface area contributed by atoms with Gasteiger partial charge in [0.1, 0.15) is 0 Å². The van der Waals surface area contributed by atoms with Crippen LogP contribution in [-0.4, -0.2) is 11.7 Å². The second-order valence-corrected chi connectivity index (χ2v) is 6.04. The van der Waals surface area contributed by atoms with Crippen molar-refractivity contribution in [1.29, 1.82) is 10.5 Å². The van der Waals surface area contributed by atoms with Gasteiger partial charge in [-0.3, -0.25) is 0 Å². The molecule has 0 radical (unpaired) electrons. The Labute approximate surface area is 136 Å². The zero-order chi connectivity index (χ0) is 16.2. The van der Waals surface area contributed by atoms with Crippen molar-refractivity contribution in [1.82, 2.24) is 0 Å². The van der Waals surface area contributed by atoms with Gasteiger partial charge in [0.25, 0.3) is 0 Å². The molecule has 0 fully saturated rings. The summed E-state index contributed by atoms with van der Waals surface area (Å²) in [5.74, 6) is -0.950. The molecule has 0 amide bonds. The molecule has 0 spiro atoms. The third-order valence-electron chi connectivity index (χ3n) is 4.88. The molecule has 3 heteroatoms. The predicted octanol–water partition coefficient (Wildman–Crippen LogP) is 3.38. The van der Waals surface area contributed by atoms with Gasteiger partial charge in [0.05, 0.1) is 24.0 Å². The summed E-state index contributed by atoms with van der Waals surface area (Å²) in [5, 5.41) is 29.3. The SMILES string of the molecule is N#C[C@@H]1c2ccccc2[C@H](C#N)[C@H](CO)[C@H]1Cc1ccccc1. The summed E-state index contributed by atoms with van der Waals surface area (Å²) in [5.41, 5.74) is 2.96. The Morgan fingerprint density at radius 2 is 1.30 bits per heavy atom. The van der Waals surface area contributed by atoms with Gasteiger partial charge >= 0.3 is 0 Å². The first-order chi connectivity index (χ1) is 11.3. The molecule has 0 saturated carbocycles. The molecule has 0 bridgehead atoms. The summed E-state index contributed by atoms with van der Waals surface area (Å²) in [6.07, 6.45) is 0.691. The molecule has 0 aliphatic heterocycles. The van der Waals surface area contributed by atoms with Crippen LogP contribution in [0.2, 0.25) is 0 Å². The number of hydrogen-bond donors (Lipinski definition) is 1. The van der Waals surface area contributed by atoms with Gasteiger partial charge in [0.15, 0.2) is 0 Å². The lowest BCUT2D eigenvalue weighted by molar-refractivity contribution is 0.146. The number of rotatable bonds is 3. The minimum atomic E-state index is -0.366. The Hall–Kier alpha value is -2.62. The molecule has 23 heavy (non-hydrogen) atoms. The molecule has 1 N–H and O–H groups in total. The van der Waals surface area contributed by atoms with Gasteiger partial charge in [-0.05, 0) is 29.0 Å². The van der Waals surface area contributed by atoms with Crippen LogP contribution in [0.3, 0.4) is 0 Å². The average Bonchev–Trinajstić information content (AvgIpc) is 2.61. The van der Waals surface area contributed by atoms with E-state index >= 15 is 0 Å².